The maximum Gasteiger partial charge on any atom is 0.419 e. The third kappa shape index (κ3) is 3.73. The molecule has 2 aromatic rings. The third-order valence-corrected chi connectivity index (χ3v) is 3.28. The summed E-state index contributed by atoms with van der Waals surface area (Å²) in [6.45, 7) is 7.10. The normalized spacial score (nSPS) is 11.5. The summed E-state index contributed by atoms with van der Waals surface area (Å²) >= 11 is 3.34. The number of carbonyl (C=O) groups is 1. The smallest absolute Gasteiger partial charge is 0.419 e. The Balaban J connectivity index is 2.45. The predicted octanol–water partition coefficient (Wildman–Crippen LogP) is 5.15. The van der Waals surface area contributed by atoms with Crippen LogP contribution in [0.15, 0.2) is 34.9 Å². The molecule has 0 radical (unpaired) electrons. The molecule has 1 aromatic carbocycles. The van der Waals surface area contributed by atoms with Crippen molar-refractivity contribution < 1.29 is 13.9 Å². The van der Waals surface area contributed by atoms with Crippen LogP contribution < -0.4 is 0 Å². The number of aryl methyl sites for hydroxylation is 1. The summed E-state index contributed by atoms with van der Waals surface area (Å²) in [5.41, 5.74) is 1.17. The van der Waals surface area contributed by atoms with Crippen LogP contribution in [0, 0.1) is 12.7 Å². The number of ether oxygens (including phenoxy) is 1. The maximum absolute atomic E-state index is 13.7. The Morgan fingerprint density at radius 2 is 1.95 bits per heavy atom. The monoisotopic (exact) mass is 353 g/mol. The van der Waals surface area contributed by atoms with Crippen molar-refractivity contribution in [3.63, 3.8) is 0 Å². The summed E-state index contributed by atoms with van der Waals surface area (Å²) in [5.74, 6) is -0.305. The number of rotatable bonds is 1. The van der Waals surface area contributed by atoms with Crippen molar-refractivity contribution in [2.75, 3.05) is 0 Å². The van der Waals surface area contributed by atoms with Gasteiger partial charge in [-0.3, -0.25) is 4.57 Å². The van der Waals surface area contributed by atoms with E-state index in [-0.39, 0.29) is 5.82 Å². The summed E-state index contributed by atoms with van der Waals surface area (Å²) in [6, 6.07) is 6.64. The molecule has 0 aliphatic carbocycles. The van der Waals surface area contributed by atoms with Crippen LogP contribution in [0.4, 0.5) is 9.18 Å². The van der Waals surface area contributed by atoms with E-state index < -0.39 is 11.7 Å². The quantitative estimate of drug-likeness (QED) is 0.709. The van der Waals surface area contributed by atoms with E-state index in [1.54, 1.807) is 52.1 Å². The molecule has 0 bridgehead atoms. The Hall–Kier alpha value is -1.62. The largest absolute Gasteiger partial charge is 0.443 e. The third-order valence-electron chi connectivity index (χ3n) is 2.84. The molecular weight excluding hydrogens is 337 g/mol. The fourth-order valence-electron chi connectivity index (χ4n) is 1.87. The molecule has 21 heavy (non-hydrogen) atoms. The predicted molar refractivity (Wildman–Crippen MR) is 83.9 cm³/mol. The van der Waals surface area contributed by atoms with E-state index in [1.165, 1.54) is 10.6 Å². The van der Waals surface area contributed by atoms with Gasteiger partial charge in [-0.15, -0.1) is 0 Å². The Bertz CT molecular complexity index is 686. The summed E-state index contributed by atoms with van der Waals surface area (Å²) in [7, 11) is 0. The van der Waals surface area contributed by atoms with E-state index >= 15 is 0 Å². The maximum atomic E-state index is 13.7. The topological polar surface area (TPSA) is 31.2 Å². The van der Waals surface area contributed by atoms with Crippen molar-refractivity contribution in [1.82, 2.24) is 4.57 Å². The molecule has 0 unspecified atom stereocenters. The van der Waals surface area contributed by atoms with Crippen LogP contribution in [0.3, 0.4) is 0 Å². The standard InChI is InChI=1S/C16H17BrFNO2/c1-10-5-6-11(7-13(10)18)14-8-12(17)9-19(14)15(20)21-16(2,3)4/h5-9H,1-4H3. The van der Waals surface area contributed by atoms with Gasteiger partial charge in [-0.1, -0.05) is 12.1 Å². The average Bonchev–Trinajstić information content (AvgIpc) is 2.73. The van der Waals surface area contributed by atoms with Crippen LogP contribution in [0.1, 0.15) is 26.3 Å². The molecule has 112 valence electrons. The molecule has 0 saturated carbocycles. The second-order valence-electron chi connectivity index (χ2n) is 5.86. The molecule has 0 N–H and O–H groups in total. The Labute approximate surface area is 131 Å². The summed E-state index contributed by atoms with van der Waals surface area (Å²) < 4.78 is 21.2. The molecule has 0 amide bonds. The zero-order valence-corrected chi connectivity index (χ0v) is 14.0. The first-order chi connectivity index (χ1) is 9.67. The highest BCUT2D eigenvalue weighted by molar-refractivity contribution is 9.10. The minimum Gasteiger partial charge on any atom is -0.443 e. The molecule has 1 aromatic heterocycles. The van der Waals surface area contributed by atoms with E-state index in [2.05, 4.69) is 15.9 Å². The van der Waals surface area contributed by atoms with Crippen molar-refractivity contribution in [3.05, 3.63) is 46.3 Å². The van der Waals surface area contributed by atoms with Gasteiger partial charge in [0, 0.05) is 16.2 Å². The van der Waals surface area contributed by atoms with Crippen LogP contribution in [0.2, 0.25) is 0 Å². The number of halogens is 2. The van der Waals surface area contributed by atoms with Gasteiger partial charge in [-0.2, -0.15) is 0 Å². The lowest BCUT2D eigenvalue weighted by atomic mass is 10.1. The molecule has 0 aliphatic rings. The second kappa shape index (κ2) is 5.64. The Morgan fingerprint density at radius 3 is 2.52 bits per heavy atom. The molecule has 0 fully saturated rings. The van der Waals surface area contributed by atoms with Gasteiger partial charge in [0.2, 0.25) is 0 Å². The average molecular weight is 354 g/mol. The fourth-order valence-corrected chi connectivity index (χ4v) is 2.29. The second-order valence-corrected chi connectivity index (χ2v) is 6.77. The summed E-state index contributed by atoms with van der Waals surface area (Å²) in [4.78, 5) is 12.2. The van der Waals surface area contributed by atoms with E-state index in [0.717, 1.165) is 4.47 Å². The van der Waals surface area contributed by atoms with Crippen molar-refractivity contribution in [1.29, 1.82) is 0 Å². The number of hydrogen-bond acceptors (Lipinski definition) is 2. The first kappa shape index (κ1) is 15.8. The van der Waals surface area contributed by atoms with Crippen LogP contribution in [-0.4, -0.2) is 16.3 Å². The van der Waals surface area contributed by atoms with Crippen molar-refractivity contribution in [3.8, 4) is 11.3 Å². The first-order valence-corrected chi connectivity index (χ1v) is 7.34. The highest BCUT2D eigenvalue weighted by atomic mass is 79.9. The zero-order chi connectivity index (χ0) is 15.8. The molecule has 0 saturated heterocycles. The lowest BCUT2D eigenvalue weighted by molar-refractivity contribution is 0.0540. The summed E-state index contributed by atoms with van der Waals surface area (Å²) in [6.07, 6.45) is 1.12. The van der Waals surface area contributed by atoms with Crippen molar-refractivity contribution in [2.24, 2.45) is 0 Å². The lowest BCUT2D eigenvalue weighted by Gasteiger charge is -2.20. The molecular formula is C16H17BrFNO2. The molecule has 2 rings (SSSR count). The van der Waals surface area contributed by atoms with Crippen LogP contribution >= 0.6 is 15.9 Å². The Kier molecular flexibility index (Phi) is 4.23. The fraction of sp³-hybridized carbons (Fsp3) is 0.312. The van der Waals surface area contributed by atoms with Crippen molar-refractivity contribution >= 4 is 22.0 Å². The van der Waals surface area contributed by atoms with Gasteiger partial charge < -0.3 is 4.74 Å². The van der Waals surface area contributed by atoms with Crippen LogP contribution in [0.25, 0.3) is 11.3 Å². The molecule has 0 atom stereocenters. The van der Waals surface area contributed by atoms with E-state index in [9.17, 15) is 9.18 Å². The number of hydrogen-bond donors (Lipinski definition) is 0. The minimum absolute atomic E-state index is 0.305. The molecule has 1 heterocycles. The van der Waals surface area contributed by atoms with Gasteiger partial charge in [0.25, 0.3) is 0 Å². The van der Waals surface area contributed by atoms with E-state index in [1.807, 2.05) is 0 Å². The number of nitrogens with zero attached hydrogens (tertiary/aromatic N) is 1. The molecule has 3 nitrogen and oxygen atoms in total. The van der Waals surface area contributed by atoms with Gasteiger partial charge >= 0.3 is 6.09 Å². The van der Waals surface area contributed by atoms with Gasteiger partial charge in [-0.05, 0) is 61.3 Å². The van der Waals surface area contributed by atoms with E-state index in [4.69, 9.17) is 4.74 Å². The molecule has 0 aliphatic heterocycles. The highest BCUT2D eigenvalue weighted by Gasteiger charge is 2.21. The van der Waals surface area contributed by atoms with Gasteiger partial charge in [0.05, 0.1) is 5.69 Å². The van der Waals surface area contributed by atoms with Gasteiger partial charge in [-0.25, -0.2) is 9.18 Å². The van der Waals surface area contributed by atoms with Crippen LogP contribution in [0.5, 0.6) is 0 Å². The number of aromatic nitrogens is 1. The highest BCUT2D eigenvalue weighted by Crippen LogP contribution is 2.27. The number of carbonyl (C=O) groups excluding carboxylic acids is 1. The van der Waals surface area contributed by atoms with Crippen LogP contribution in [-0.2, 0) is 4.74 Å². The first-order valence-electron chi connectivity index (χ1n) is 6.55. The minimum atomic E-state index is -0.594. The SMILES string of the molecule is Cc1ccc(-c2cc(Br)cn2C(=O)OC(C)(C)C)cc1F. The van der Waals surface area contributed by atoms with Gasteiger partial charge in [0.15, 0.2) is 0 Å². The summed E-state index contributed by atoms with van der Waals surface area (Å²) in [5, 5.41) is 0. The Morgan fingerprint density at radius 1 is 1.29 bits per heavy atom. The van der Waals surface area contributed by atoms with Gasteiger partial charge in [0.1, 0.15) is 11.4 Å². The lowest BCUT2D eigenvalue weighted by Crippen LogP contribution is -2.27. The molecule has 5 heteroatoms. The zero-order valence-electron chi connectivity index (χ0n) is 12.4. The van der Waals surface area contributed by atoms with Crippen molar-refractivity contribution in [2.45, 2.75) is 33.3 Å². The molecule has 0 spiro atoms. The number of benzene rings is 1. The van der Waals surface area contributed by atoms with E-state index in [0.29, 0.717) is 16.8 Å².